The van der Waals surface area contributed by atoms with Crippen molar-refractivity contribution in [3.8, 4) is 0 Å². The summed E-state index contributed by atoms with van der Waals surface area (Å²) in [6, 6.07) is 0. The predicted octanol–water partition coefficient (Wildman–Crippen LogP) is 3.37. The van der Waals surface area contributed by atoms with Crippen LogP contribution in [0.5, 0.6) is 0 Å². The average Bonchev–Trinajstić information content (AvgIpc) is 3.24. The van der Waals surface area contributed by atoms with Crippen molar-refractivity contribution in [1.29, 1.82) is 0 Å². The van der Waals surface area contributed by atoms with Crippen molar-refractivity contribution >= 4 is 29.9 Å². The van der Waals surface area contributed by atoms with Crippen molar-refractivity contribution in [3.63, 3.8) is 0 Å². The van der Waals surface area contributed by atoms with Crippen molar-refractivity contribution in [3.05, 3.63) is 24.8 Å². The first-order valence-corrected chi connectivity index (χ1v) is 11.5. The van der Waals surface area contributed by atoms with Gasteiger partial charge in [0.05, 0.1) is 6.54 Å². The maximum Gasteiger partial charge on any atom is 0.191 e. The van der Waals surface area contributed by atoms with Gasteiger partial charge in [0.2, 0.25) is 0 Å². The Kier molecular flexibility index (Phi) is 11.1. The fourth-order valence-corrected chi connectivity index (χ4v) is 4.76. The molecule has 8 heteroatoms. The summed E-state index contributed by atoms with van der Waals surface area (Å²) in [6.07, 6.45) is 15.3. The van der Waals surface area contributed by atoms with Crippen LogP contribution < -0.4 is 10.6 Å². The molecule has 1 aliphatic heterocycles. The molecule has 0 amide bonds. The first kappa shape index (κ1) is 25.1. The number of hydrogen-bond donors (Lipinski definition) is 2. The number of rotatable bonds is 9. The Morgan fingerprint density at radius 2 is 1.90 bits per heavy atom. The van der Waals surface area contributed by atoms with Gasteiger partial charge in [-0.15, -0.1) is 40.8 Å². The zero-order chi connectivity index (χ0) is 20.4. The lowest BCUT2D eigenvalue weighted by Gasteiger charge is -2.47. The highest BCUT2D eigenvalue weighted by Gasteiger charge is 2.38. The van der Waals surface area contributed by atoms with E-state index in [1.807, 2.05) is 12.4 Å². The highest BCUT2D eigenvalue weighted by atomic mass is 127. The molecule has 0 aromatic carbocycles. The van der Waals surface area contributed by atoms with Crippen molar-refractivity contribution in [2.45, 2.75) is 76.8 Å². The summed E-state index contributed by atoms with van der Waals surface area (Å²) in [7, 11) is 0. The molecular formula is C22H40IN7. The number of aliphatic imine (C=N–C) groups is 1. The number of guanidine groups is 1. The van der Waals surface area contributed by atoms with E-state index in [2.05, 4.69) is 43.8 Å². The largest absolute Gasteiger partial charge is 0.355 e. The lowest BCUT2D eigenvalue weighted by molar-refractivity contribution is 0.0407. The van der Waals surface area contributed by atoms with E-state index < -0.39 is 0 Å². The first-order chi connectivity index (χ1) is 14.3. The van der Waals surface area contributed by atoms with E-state index >= 15 is 0 Å². The van der Waals surface area contributed by atoms with E-state index in [-0.39, 0.29) is 29.5 Å². The minimum absolute atomic E-state index is 0. The number of nitrogens with one attached hydrogen (secondary N) is 2. The third kappa shape index (κ3) is 6.93. The van der Waals surface area contributed by atoms with Gasteiger partial charge in [0, 0.05) is 31.6 Å². The number of likely N-dealkylation sites (tertiary alicyclic amines) is 1. The molecule has 30 heavy (non-hydrogen) atoms. The smallest absolute Gasteiger partial charge is 0.191 e. The number of aromatic nitrogens is 3. The number of halogens is 1. The van der Waals surface area contributed by atoms with Crippen LogP contribution in [0.25, 0.3) is 0 Å². The molecule has 0 spiro atoms. The number of aryl methyl sites for hydroxylation is 1. The van der Waals surface area contributed by atoms with Gasteiger partial charge in [0.1, 0.15) is 12.2 Å². The zero-order valence-corrected chi connectivity index (χ0v) is 20.9. The van der Waals surface area contributed by atoms with E-state index in [0.717, 1.165) is 44.4 Å². The molecule has 0 unspecified atom stereocenters. The Balaban J connectivity index is 0.00000320. The van der Waals surface area contributed by atoms with Gasteiger partial charge in [0.25, 0.3) is 0 Å². The van der Waals surface area contributed by atoms with Crippen LogP contribution in [0.1, 0.15) is 64.1 Å². The molecule has 2 aliphatic rings. The molecule has 1 saturated heterocycles. The maximum atomic E-state index is 5.06. The fourth-order valence-electron chi connectivity index (χ4n) is 4.76. The van der Waals surface area contributed by atoms with E-state index in [9.17, 15) is 0 Å². The second-order valence-electron chi connectivity index (χ2n) is 8.39. The normalized spacial score (nSPS) is 19.7. The SMILES string of the molecule is C=CCNC(=NCC1(N2CCCCC2)CCCCC1)NCCn1cnnc1CC.I. The molecule has 2 fully saturated rings. The standard InChI is InChI=1S/C22H39N7.HI/c1-3-13-23-21(24-14-17-28-19-26-27-20(28)4-2)25-18-22(11-7-5-8-12-22)29-15-9-6-10-16-29;/h3,19H,1,4-18H2,2H3,(H2,23,24,25);1H. The molecule has 170 valence electrons. The quantitative estimate of drug-likeness (QED) is 0.222. The summed E-state index contributed by atoms with van der Waals surface area (Å²) >= 11 is 0. The Labute approximate surface area is 199 Å². The number of hydrogen-bond acceptors (Lipinski definition) is 4. The summed E-state index contributed by atoms with van der Waals surface area (Å²) in [5.41, 5.74) is 0.255. The van der Waals surface area contributed by atoms with Gasteiger partial charge in [-0.1, -0.05) is 38.7 Å². The van der Waals surface area contributed by atoms with E-state index in [0.29, 0.717) is 0 Å². The van der Waals surface area contributed by atoms with Gasteiger partial charge >= 0.3 is 0 Å². The maximum absolute atomic E-state index is 5.06. The first-order valence-electron chi connectivity index (χ1n) is 11.5. The van der Waals surface area contributed by atoms with Crippen LogP contribution in [0.2, 0.25) is 0 Å². The molecule has 0 atom stereocenters. The molecule has 7 nitrogen and oxygen atoms in total. The Hall–Kier alpha value is -1.16. The van der Waals surface area contributed by atoms with Crippen LogP contribution in [0, 0.1) is 0 Å². The zero-order valence-electron chi connectivity index (χ0n) is 18.6. The summed E-state index contributed by atoms with van der Waals surface area (Å²) < 4.78 is 2.11. The monoisotopic (exact) mass is 529 g/mol. The van der Waals surface area contributed by atoms with E-state index in [4.69, 9.17) is 4.99 Å². The van der Waals surface area contributed by atoms with Crippen LogP contribution in [0.4, 0.5) is 0 Å². The molecule has 0 bridgehead atoms. The molecule has 2 N–H and O–H groups in total. The molecule has 3 rings (SSSR count). The number of piperidine rings is 1. The topological polar surface area (TPSA) is 70.4 Å². The van der Waals surface area contributed by atoms with E-state index in [1.165, 1.54) is 64.5 Å². The summed E-state index contributed by atoms with van der Waals surface area (Å²) in [5.74, 6) is 1.91. The molecule has 2 heterocycles. The Bertz CT molecular complexity index is 646. The van der Waals surface area contributed by atoms with Crippen LogP contribution in [0.15, 0.2) is 24.0 Å². The van der Waals surface area contributed by atoms with Crippen LogP contribution in [0.3, 0.4) is 0 Å². The van der Waals surface area contributed by atoms with E-state index in [1.54, 1.807) is 0 Å². The second-order valence-corrected chi connectivity index (χ2v) is 8.39. The Morgan fingerprint density at radius 3 is 2.60 bits per heavy atom. The van der Waals surface area contributed by atoms with Crippen molar-refractivity contribution in [1.82, 2.24) is 30.3 Å². The van der Waals surface area contributed by atoms with Gasteiger partial charge in [-0.2, -0.15) is 0 Å². The molecule has 1 aliphatic carbocycles. The summed E-state index contributed by atoms with van der Waals surface area (Å²) in [4.78, 5) is 7.82. The molecule has 1 saturated carbocycles. The summed E-state index contributed by atoms with van der Waals surface area (Å²) in [5, 5.41) is 15.1. The van der Waals surface area contributed by atoms with Gasteiger partial charge in [-0.25, -0.2) is 0 Å². The lowest BCUT2D eigenvalue weighted by atomic mass is 9.79. The highest BCUT2D eigenvalue weighted by Crippen LogP contribution is 2.35. The molecular weight excluding hydrogens is 489 g/mol. The van der Waals surface area contributed by atoms with Gasteiger partial charge in [-0.3, -0.25) is 9.89 Å². The number of nitrogens with zero attached hydrogens (tertiary/aromatic N) is 5. The Morgan fingerprint density at radius 1 is 1.17 bits per heavy atom. The van der Waals surface area contributed by atoms with Crippen molar-refractivity contribution < 1.29 is 0 Å². The van der Waals surface area contributed by atoms with Crippen molar-refractivity contribution in [2.75, 3.05) is 32.7 Å². The lowest BCUT2D eigenvalue weighted by Crippen LogP contribution is -2.54. The average molecular weight is 530 g/mol. The predicted molar refractivity (Wildman–Crippen MR) is 135 cm³/mol. The molecule has 1 aromatic rings. The van der Waals surface area contributed by atoms with Gasteiger partial charge in [0.15, 0.2) is 5.96 Å². The minimum atomic E-state index is 0. The van der Waals surface area contributed by atoms with Crippen LogP contribution >= 0.6 is 24.0 Å². The summed E-state index contributed by atoms with van der Waals surface area (Å²) in [6.45, 7) is 11.7. The molecule has 1 aromatic heterocycles. The van der Waals surface area contributed by atoms with Crippen LogP contribution in [-0.2, 0) is 13.0 Å². The molecule has 0 radical (unpaired) electrons. The third-order valence-corrected chi connectivity index (χ3v) is 6.41. The van der Waals surface area contributed by atoms with Crippen molar-refractivity contribution in [2.24, 2.45) is 4.99 Å². The second kappa shape index (κ2) is 13.3. The minimum Gasteiger partial charge on any atom is -0.355 e. The third-order valence-electron chi connectivity index (χ3n) is 6.41. The van der Waals surface area contributed by atoms with Crippen LogP contribution in [-0.4, -0.2) is 63.9 Å². The highest BCUT2D eigenvalue weighted by molar-refractivity contribution is 14.0. The fraction of sp³-hybridized carbons (Fsp3) is 0.773. The van der Waals surface area contributed by atoms with Gasteiger partial charge in [-0.05, 0) is 38.8 Å². The van der Waals surface area contributed by atoms with Gasteiger partial charge < -0.3 is 15.2 Å².